The van der Waals surface area contributed by atoms with Gasteiger partial charge in [-0.15, -0.1) is 0 Å². The van der Waals surface area contributed by atoms with Crippen LogP contribution in [0.2, 0.25) is 0 Å². The Morgan fingerprint density at radius 2 is 1.62 bits per heavy atom. The first-order chi connectivity index (χ1) is 34.8. The number of halogens is 3. The number of β-amino-alcohol motifs (C(OH)–C–C–N with tert-alkyl or cyclic N) is 1. The zero-order chi connectivity index (χ0) is 52.2. The van der Waals surface area contributed by atoms with Crippen LogP contribution in [0.25, 0.3) is 22.5 Å². The molecule has 3 fully saturated rings. The predicted molar refractivity (Wildman–Crippen MR) is 267 cm³/mol. The fourth-order valence-electron chi connectivity index (χ4n) is 9.28. The third-order valence-electron chi connectivity index (χ3n) is 13.3. The molecule has 2 aliphatic heterocycles. The Kier molecular flexibility index (Phi) is 15.3. The molecule has 73 heavy (non-hydrogen) atoms. The minimum atomic E-state index is -4.86. The molecule has 5 aromatic rings. The van der Waals surface area contributed by atoms with Crippen molar-refractivity contribution < 1.29 is 51.3 Å². The number of unbranched alkanes of at least 4 members (excludes halogenated alkanes) is 1. The molecule has 1 spiro atoms. The van der Waals surface area contributed by atoms with Crippen molar-refractivity contribution in [2.75, 3.05) is 36.2 Å². The van der Waals surface area contributed by atoms with Gasteiger partial charge in [-0.1, -0.05) is 69.3 Å². The van der Waals surface area contributed by atoms with Crippen molar-refractivity contribution >= 4 is 52.3 Å². The van der Waals surface area contributed by atoms with Gasteiger partial charge in [-0.3, -0.25) is 24.1 Å². The van der Waals surface area contributed by atoms with Crippen molar-refractivity contribution in [1.82, 2.24) is 25.5 Å². The maximum absolute atomic E-state index is 14.0. The number of rotatable bonds is 17. The number of benzene rings is 3. The zero-order valence-electron chi connectivity index (χ0n) is 40.7. The van der Waals surface area contributed by atoms with Gasteiger partial charge in [0.1, 0.15) is 36.0 Å². The van der Waals surface area contributed by atoms with Gasteiger partial charge in [0, 0.05) is 37.4 Å². The Balaban J connectivity index is 0.773. The van der Waals surface area contributed by atoms with E-state index in [2.05, 4.69) is 20.6 Å². The van der Waals surface area contributed by atoms with Crippen molar-refractivity contribution in [3.05, 3.63) is 114 Å². The molecule has 3 N–H and O–H groups in total. The van der Waals surface area contributed by atoms with E-state index in [9.17, 15) is 42.7 Å². The summed E-state index contributed by atoms with van der Waals surface area (Å²) in [6.45, 7) is 7.82. The third kappa shape index (κ3) is 11.2. The van der Waals surface area contributed by atoms with Crippen molar-refractivity contribution in [3.8, 4) is 34.3 Å². The van der Waals surface area contributed by atoms with Crippen LogP contribution in [0, 0.1) is 23.7 Å². The lowest BCUT2D eigenvalue weighted by molar-refractivity contribution is -0.144. The number of aliphatic hydroxyl groups is 1. The average molecular weight is 1020 g/mol. The molecule has 382 valence electrons. The third-order valence-corrected chi connectivity index (χ3v) is 13.7. The summed E-state index contributed by atoms with van der Waals surface area (Å²) in [5, 5.41) is 25.5. The maximum atomic E-state index is 14.0. The van der Waals surface area contributed by atoms with Crippen LogP contribution in [0.4, 0.5) is 24.5 Å². The summed E-state index contributed by atoms with van der Waals surface area (Å²) in [6, 6.07) is 22.6. The fraction of sp³-hybridized carbons (Fsp3) is 0.396. The largest absolute Gasteiger partial charge is 0.494 e. The van der Waals surface area contributed by atoms with E-state index in [0.29, 0.717) is 49.5 Å². The highest BCUT2D eigenvalue weighted by molar-refractivity contribution is 7.81. The molecule has 0 radical (unpaired) electrons. The monoisotopic (exact) mass is 1020 g/mol. The molecule has 1 aliphatic carbocycles. The first kappa shape index (κ1) is 52.1. The second-order valence-electron chi connectivity index (χ2n) is 19.5. The number of carbonyl (C=O) groups is 4. The Labute approximate surface area is 425 Å². The van der Waals surface area contributed by atoms with Gasteiger partial charge in [-0.25, -0.2) is 9.97 Å². The highest BCUT2D eigenvalue weighted by Crippen LogP contribution is 2.48. The lowest BCUT2D eigenvalue weighted by Gasteiger charge is -2.43. The van der Waals surface area contributed by atoms with Gasteiger partial charge in [0.05, 0.1) is 35.9 Å². The van der Waals surface area contributed by atoms with Crippen LogP contribution in [-0.2, 0) is 36.6 Å². The summed E-state index contributed by atoms with van der Waals surface area (Å²) in [7, 11) is 0. The highest BCUT2D eigenvalue weighted by Gasteiger charge is 2.60. The van der Waals surface area contributed by atoms with Gasteiger partial charge in [0.2, 0.25) is 17.7 Å². The maximum Gasteiger partial charge on any atom is 0.419 e. The molecule has 16 nitrogen and oxygen atoms in total. The number of likely N-dealkylation sites (tertiary alicyclic amines) is 1. The van der Waals surface area contributed by atoms with Gasteiger partial charge in [-0.2, -0.15) is 18.4 Å². The number of oxazole rings is 1. The molecule has 1 saturated carbocycles. The first-order valence-corrected chi connectivity index (χ1v) is 24.3. The van der Waals surface area contributed by atoms with Crippen LogP contribution >= 0.6 is 12.2 Å². The number of alkyl halides is 3. The van der Waals surface area contributed by atoms with E-state index in [0.717, 1.165) is 51.5 Å². The number of aryl methyl sites for hydroxylation is 1. The van der Waals surface area contributed by atoms with E-state index in [1.165, 1.54) is 17.4 Å². The van der Waals surface area contributed by atoms with Crippen LogP contribution in [0.15, 0.2) is 95.9 Å². The SMILES string of the molecule is Cc1ncoc1-c1ccc(CNC(=O)[C@@H]2C[C@@H](O)CN2C(=O)[C@@H](NC(=O)COCCCCOc2ccc(-c3ccc(N4C(=S)N(c5cnc(C#N)c(C(F)(F)F)c5)C(=O)C45CCC5)cc3)cc2)C(C)(C)C)cc1. The normalized spacial score (nSPS) is 17.9. The van der Waals surface area contributed by atoms with Crippen LogP contribution in [0.5, 0.6) is 5.75 Å². The molecule has 4 amide bonds. The van der Waals surface area contributed by atoms with E-state index in [-0.39, 0.29) is 43.5 Å². The molecule has 8 rings (SSSR count). The molecule has 0 bridgehead atoms. The number of carbonyl (C=O) groups excluding carboxylic acids is 4. The molecule has 4 heterocycles. The van der Waals surface area contributed by atoms with Gasteiger partial charge in [-0.05, 0) is 104 Å². The number of aliphatic hydroxyl groups excluding tert-OH is 1. The molecular formula is C53H55F3N8O8S. The van der Waals surface area contributed by atoms with E-state index in [1.807, 2.05) is 100 Å². The number of ether oxygens (including phenoxy) is 2. The van der Waals surface area contributed by atoms with Gasteiger partial charge in [0.25, 0.3) is 5.91 Å². The molecular weight excluding hydrogens is 966 g/mol. The number of amides is 4. The average Bonchev–Trinajstić information content (AvgIpc) is 4.04. The van der Waals surface area contributed by atoms with Crippen LogP contribution < -0.4 is 25.2 Å². The second-order valence-corrected chi connectivity index (χ2v) is 19.8. The van der Waals surface area contributed by atoms with Crippen molar-refractivity contribution in [2.45, 2.75) is 103 Å². The molecule has 3 atom stereocenters. The summed E-state index contributed by atoms with van der Waals surface area (Å²) in [5.74, 6) is -0.496. The van der Waals surface area contributed by atoms with Gasteiger partial charge < -0.3 is 39.4 Å². The number of nitrogens with one attached hydrogen (secondary N) is 2. The van der Waals surface area contributed by atoms with Crippen LogP contribution in [-0.4, -0.2) is 98.8 Å². The van der Waals surface area contributed by atoms with Gasteiger partial charge in [0.15, 0.2) is 23.0 Å². The minimum Gasteiger partial charge on any atom is -0.494 e. The first-order valence-electron chi connectivity index (χ1n) is 23.9. The summed E-state index contributed by atoms with van der Waals surface area (Å²) in [5.41, 5.74) is 0.869. The standard InChI is InChI=1S/C53H55F3N8O8S/c1-32-45(72-31-60-32)36-10-8-33(9-11-36)27-59-47(67)43-25-39(65)29-62(43)48(68)46(51(2,3)4)61-44(66)30-70-22-5-6-23-71-40-18-14-35(15-19-40)34-12-16-37(17-13-34)64-50(73)63(49(69)52(64)20-7-21-52)38-24-41(53(54,55)56)42(26-57)58-28-38/h8-19,24,28,31,39,43,46,65H,5-7,20-23,25,27,29-30H2,1-4H3,(H,59,67)(H,61,66)/t39-,43+,46-/m1/s1. The molecule has 0 unspecified atom stereocenters. The van der Waals surface area contributed by atoms with E-state index < -0.39 is 70.2 Å². The summed E-state index contributed by atoms with van der Waals surface area (Å²) in [6.07, 6.45) is -0.340. The molecule has 2 aromatic heterocycles. The Morgan fingerprint density at radius 1 is 0.959 bits per heavy atom. The quantitative estimate of drug-likeness (QED) is 0.0606. The van der Waals surface area contributed by atoms with E-state index >= 15 is 0 Å². The summed E-state index contributed by atoms with van der Waals surface area (Å²) >= 11 is 5.74. The lowest BCUT2D eigenvalue weighted by atomic mass is 9.75. The molecule has 3 aromatic carbocycles. The molecule has 20 heteroatoms. The minimum absolute atomic E-state index is 0.0305. The highest BCUT2D eigenvalue weighted by atomic mass is 32.1. The lowest BCUT2D eigenvalue weighted by Crippen LogP contribution is -2.58. The summed E-state index contributed by atoms with van der Waals surface area (Å²) < 4.78 is 58.5. The Hall–Kier alpha value is -7.21. The number of pyridine rings is 1. The Bertz CT molecular complexity index is 2900. The molecule has 3 aliphatic rings. The van der Waals surface area contributed by atoms with Crippen LogP contribution in [0.3, 0.4) is 0 Å². The zero-order valence-corrected chi connectivity index (χ0v) is 41.5. The second kappa shape index (κ2) is 21.5. The number of aromatic nitrogens is 2. The number of hydrogen-bond acceptors (Lipinski definition) is 12. The van der Waals surface area contributed by atoms with Crippen molar-refractivity contribution in [2.24, 2.45) is 5.41 Å². The number of nitriles is 1. The van der Waals surface area contributed by atoms with Crippen LogP contribution in [0.1, 0.15) is 81.8 Å². The Morgan fingerprint density at radius 3 is 2.22 bits per heavy atom. The number of nitrogens with zero attached hydrogens (tertiary/aromatic N) is 6. The topological polar surface area (TPSA) is 203 Å². The van der Waals surface area contributed by atoms with Gasteiger partial charge >= 0.3 is 6.18 Å². The predicted octanol–water partition coefficient (Wildman–Crippen LogP) is 7.65. The smallest absolute Gasteiger partial charge is 0.419 e. The number of hydrogen-bond donors (Lipinski definition) is 3. The van der Waals surface area contributed by atoms with Crippen molar-refractivity contribution in [1.29, 1.82) is 5.26 Å². The number of anilines is 2. The van der Waals surface area contributed by atoms with E-state index in [4.69, 9.17) is 26.1 Å². The summed E-state index contributed by atoms with van der Waals surface area (Å²) in [4.78, 5) is 66.4. The fourth-order valence-corrected chi connectivity index (χ4v) is 9.75. The van der Waals surface area contributed by atoms with E-state index in [1.54, 1.807) is 4.90 Å². The number of thiocarbonyl (C=S) groups is 1. The molecule has 2 saturated heterocycles. The van der Waals surface area contributed by atoms with Crippen molar-refractivity contribution in [3.63, 3.8) is 0 Å².